The van der Waals surface area contributed by atoms with Gasteiger partial charge in [0.1, 0.15) is 5.75 Å². The van der Waals surface area contributed by atoms with Crippen LogP contribution in [0.3, 0.4) is 0 Å². The minimum Gasteiger partial charge on any atom is -0.482 e. The molecule has 0 aliphatic rings. The average Bonchev–Trinajstić information content (AvgIpc) is 2.37. The molecular weight excluding hydrogens is 244 g/mol. The molecule has 4 heteroatoms. The van der Waals surface area contributed by atoms with Crippen molar-refractivity contribution in [2.75, 3.05) is 6.61 Å². The van der Waals surface area contributed by atoms with Gasteiger partial charge in [-0.1, -0.05) is 31.2 Å². The van der Waals surface area contributed by atoms with Gasteiger partial charge < -0.3 is 14.9 Å². The molecular formula is C15H20O4. The number of allylic oxidation sites excluding steroid dienone is 1. The second-order valence-electron chi connectivity index (χ2n) is 4.61. The van der Waals surface area contributed by atoms with E-state index in [1.165, 1.54) is 0 Å². The highest BCUT2D eigenvalue weighted by atomic mass is 16.5. The molecule has 0 heterocycles. The largest absolute Gasteiger partial charge is 0.482 e. The van der Waals surface area contributed by atoms with E-state index in [4.69, 9.17) is 9.84 Å². The molecule has 0 aliphatic carbocycles. The molecule has 0 aromatic heterocycles. The normalized spacial score (nSPS) is 14.3. The number of aliphatic hydroxyl groups is 1. The highest BCUT2D eigenvalue weighted by molar-refractivity contribution is 5.68. The number of carboxylic acids is 1. The van der Waals surface area contributed by atoms with Crippen LogP contribution in [0.2, 0.25) is 0 Å². The van der Waals surface area contributed by atoms with E-state index in [1.807, 2.05) is 31.2 Å². The lowest BCUT2D eigenvalue weighted by atomic mass is 10.0. The van der Waals surface area contributed by atoms with Crippen LogP contribution < -0.4 is 4.74 Å². The summed E-state index contributed by atoms with van der Waals surface area (Å²) in [5.41, 5.74) is 1.01. The second-order valence-corrected chi connectivity index (χ2v) is 4.61. The lowest BCUT2D eigenvalue weighted by Crippen LogP contribution is -2.11. The molecule has 0 spiro atoms. The summed E-state index contributed by atoms with van der Waals surface area (Å²) in [6, 6.07) is 7.20. The van der Waals surface area contributed by atoms with Gasteiger partial charge in [0.15, 0.2) is 6.61 Å². The summed E-state index contributed by atoms with van der Waals surface area (Å²) in [4.78, 5) is 10.3. The average molecular weight is 264 g/mol. The van der Waals surface area contributed by atoms with Gasteiger partial charge in [0.05, 0.1) is 6.10 Å². The Labute approximate surface area is 113 Å². The van der Waals surface area contributed by atoms with Crippen molar-refractivity contribution in [3.63, 3.8) is 0 Å². The molecule has 1 aromatic rings. The third-order valence-electron chi connectivity index (χ3n) is 2.88. The minimum atomic E-state index is -0.990. The van der Waals surface area contributed by atoms with Crippen molar-refractivity contribution >= 4 is 12.0 Å². The summed E-state index contributed by atoms with van der Waals surface area (Å²) in [5.74, 6) is -0.220. The van der Waals surface area contributed by atoms with Gasteiger partial charge in [0.2, 0.25) is 0 Å². The predicted octanol–water partition coefficient (Wildman–Crippen LogP) is 2.57. The number of rotatable bonds is 7. The van der Waals surface area contributed by atoms with Gasteiger partial charge >= 0.3 is 5.97 Å². The number of hydrogen-bond acceptors (Lipinski definition) is 3. The quantitative estimate of drug-likeness (QED) is 0.794. The summed E-state index contributed by atoms with van der Waals surface area (Å²) < 4.78 is 5.04. The van der Waals surface area contributed by atoms with Crippen LogP contribution in [0.25, 0.3) is 6.08 Å². The number of carbonyl (C=O) groups is 1. The summed E-state index contributed by atoms with van der Waals surface area (Å²) in [7, 11) is 0. The molecule has 0 unspecified atom stereocenters. The summed E-state index contributed by atoms with van der Waals surface area (Å²) in [6.45, 7) is 3.45. The SMILES string of the molecule is C[C@H](O)[C@H](C)C/C=C/c1ccc(OCC(=O)O)cc1. The first-order valence-corrected chi connectivity index (χ1v) is 6.28. The fraction of sp³-hybridized carbons (Fsp3) is 0.400. The summed E-state index contributed by atoms with van der Waals surface area (Å²) in [5, 5.41) is 17.8. The van der Waals surface area contributed by atoms with Gasteiger partial charge in [-0.2, -0.15) is 0 Å². The molecule has 0 saturated heterocycles. The van der Waals surface area contributed by atoms with Gasteiger partial charge in [-0.25, -0.2) is 4.79 Å². The molecule has 0 radical (unpaired) electrons. The van der Waals surface area contributed by atoms with Crippen LogP contribution in [0, 0.1) is 5.92 Å². The molecule has 4 nitrogen and oxygen atoms in total. The fourth-order valence-electron chi connectivity index (χ4n) is 1.44. The fourth-order valence-corrected chi connectivity index (χ4v) is 1.44. The molecule has 1 aromatic carbocycles. The molecule has 2 N–H and O–H groups in total. The zero-order chi connectivity index (χ0) is 14.3. The van der Waals surface area contributed by atoms with Crippen LogP contribution in [0.5, 0.6) is 5.75 Å². The molecule has 0 saturated carbocycles. The highest BCUT2D eigenvalue weighted by Crippen LogP contribution is 2.14. The van der Waals surface area contributed by atoms with Gasteiger partial charge in [-0.3, -0.25) is 0 Å². The van der Waals surface area contributed by atoms with Crippen LogP contribution in [0.4, 0.5) is 0 Å². The predicted molar refractivity (Wildman–Crippen MR) is 74.1 cm³/mol. The van der Waals surface area contributed by atoms with E-state index >= 15 is 0 Å². The number of aliphatic carboxylic acids is 1. The van der Waals surface area contributed by atoms with Gasteiger partial charge in [-0.15, -0.1) is 0 Å². The Balaban J connectivity index is 2.47. The number of hydrogen-bond donors (Lipinski definition) is 2. The first kappa shape index (κ1) is 15.2. The number of benzene rings is 1. The summed E-state index contributed by atoms with van der Waals surface area (Å²) >= 11 is 0. The zero-order valence-electron chi connectivity index (χ0n) is 11.2. The van der Waals surface area contributed by atoms with Crippen LogP contribution in [-0.2, 0) is 4.79 Å². The number of aliphatic hydroxyl groups excluding tert-OH is 1. The third-order valence-corrected chi connectivity index (χ3v) is 2.88. The van der Waals surface area contributed by atoms with E-state index in [0.29, 0.717) is 5.75 Å². The highest BCUT2D eigenvalue weighted by Gasteiger charge is 2.05. The number of ether oxygens (including phenoxy) is 1. The number of carboxylic acid groups (broad SMARTS) is 1. The second kappa shape index (κ2) is 7.59. The van der Waals surface area contributed by atoms with Gasteiger partial charge in [0.25, 0.3) is 0 Å². The van der Waals surface area contributed by atoms with Crippen molar-refractivity contribution in [2.45, 2.75) is 26.4 Å². The Hall–Kier alpha value is -1.81. The first-order valence-electron chi connectivity index (χ1n) is 6.28. The monoisotopic (exact) mass is 264 g/mol. The van der Waals surface area contributed by atoms with E-state index in [-0.39, 0.29) is 18.6 Å². The summed E-state index contributed by atoms with van der Waals surface area (Å²) in [6.07, 6.45) is 4.50. The third kappa shape index (κ3) is 6.06. The Morgan fingerprint density at radius 3 is 2.47 bits per heavy atom. The Kier molecular flexibility index (Phi) is 6.09. The first-order chi connectivity index (χ1) is 8.99. The Bertz CT molecular complexity index is 420. The van der Waals surface area contributed by atoms with Crippen LogP contribution in [0.1, 0.15) is 25.8 Å². The topological polar surface area (TPSA) is 66.8 Å². The molecule has 0 bridgehead atoms. The van der Waals surface area contributed by atoms with Crippen molar-refractivity contribution in [1.29, 1.82) is 0 Å². The van der Waals surface area contributed by atoms with Crippen LogP contribution in [0.15, 0.2) is 30.3 Å². The molecule has 2 atom stereocenters. The molecule has 0 aliphatic heterocycles. The van der Waals surface area contributed by atoms with Crippen LogP contribution >= 0.6 is 0 Å². The lowest BCUT2D eigenvalue weighted by Gasteiger charge is -2.11. The Morgan fingerprint density at radius 2 is 1.95 bits per heavy atom. The standard InChI is InChI=1S/C15H20O4/c1-11(12(2)16)4-3-5-13-6-8-14(9-7-13)19-10-15(17)18/h3,5-9,11-12,16H,4,10H2,1-2H3,(H,17,18)/b5-3+/t11-,12+/m1/s1. The van der Waals surface area contributed by atoms with E-state index in [9.17, 15) is 9.90 Å². The maximum Gasteiger partial charge on any atom is 0.341 e. The van der Waals surface area contributed by atoms with Gasteiger partial charge in [-0.05, 0) is 37.0 Å². The van der Waals surface area contributed by atoms with Crippen molar-refractivity contribution in [2.24, 2.45) is 5.92 Å². The van der Waals surface area contributed by atoms with E-state index in [2.05, 4.69) is 0 Å². The van der Waals surface area contributed by atoms with Gasteiger partial charge in [0, 0.05) is 0 Å². The minimum absolute atomic E-state index is 0.231. The maximum absolute atomic E-state index is 10.3. The maximum atomic E-state index is 10.3. The molecule has 0 fully saturated rings. The molecule has 0 amide bonds. The molecule has 1 rings (SSSR count). The van der Waals surface area contributed by atoms with E-state index < -0.39 is 5.97 Å². The van der Waals surface area contributed by atoms with E-state index in [0.717, 1.165) is 12.0 Å². The molecule has 104 valence electrons. The molecule has 19 heavy (non-hydrogen) atoms. The van der Waals surface area contributed by atoms with Crippen molar-refractivity contribution in [1.82, 2.24) is 0 Å². The zero-order valence-corrected chi connectivity index (χ0v) is 11.2. The van der Waals surface area contributed by atoms with Crippen molar-refractivity contribution in [3.8, 4) is 5.75 Å². The Morgan fingerprint density at radius 1 is 1.32 bits per heavy atom. The van der Waals surface area contributed by atoms with E-state index in [1.54, 1.807) is 19.1 Å². The van der Waals surface area contributed by atoms with Crippen molar-refractivity contribution in [3.05, 3.63) is 35.9 Å². The van der Waals surface area contributed by atoms with Crippen molar-refractivity contribution < 1.29 is 19.7 Å². The smallest absolute Gasteiger partial charge is 0.341 e. The van der Waals surface area contributed by atoms with Crippen LogP contribution in [-0.4, -0.2) is 28.9 Å². The lowest BCUT2D eigenvalue weighted by molar-refractivity contribution is -0.139.